The van der Waals surface area contributed by atoms with Gasteiger partial charge in [0.05, 0.1) is 11.0 Å². The van der Waals surface area contributed by atoms with E-state index in [4.69, 9.17) is 0 Å². The van der Waals surface area contributed by atoms with Crippen molar-refractivity contribution < 1.29 is 8.42 Å². The first-order chi connectivity index (χ1) is 6.68. The van der Waals surface area contributed by atoms with Crippen molar-refractivity contribution in [3.05, 3.63) is 0 Å². The maximum Gasteiger partial charge on any atom is 0.154 e. The molecule has 4 nitrogen and oxygen atoms in total. The Morgan fingerprint density at radius 2 is 2.07 bits per heavy atom. The minimum Gasteiger partial charge on any atom is -0.315 e. The van der Waals surface area contributed by atoms with Crippen molar-refractivity contribution in [3.8, 4) is 0 Å². The molecule has 1 unspecified atom stereocenters. The van der Waals surface area contributed by atoms with Crippen LogP contribution < -0.4 is 10.6 Å². The predicted octanol–water partition coefficient (Wildman–Crippen LogP) is -0.485. The monoisotopic (exact) mass is 218 g/mol. The Morgan fingerprint density at radius 1 is 1.29 bits per heavy atom. The number of rotatable bonds is 5. The van der Waals surface area contributed by atoms with Crippen molar-refractivity contribution in [1.29, 1.82) is 0 Å². The van der Waals surface area contributed by atoms with Crippen LogP contribution in [0.5, 0.6) is 0 Å². The Hall–Kier alpha value is -0.130. The van der Waals surface area contributed by atoms with E-state index in [-0.39, 0.29) is 5.25 Å². The summed E-state index contributed by atoms with van der Waals surface area (Å²) < 4.78 is 23.0. The minimum atomic E-state index is -2.76. The third-order valence-electron chi connectivity index (χ3n) is 2.91. The fourth-order valence-corrected chi connectivity index (χ4v) is 3.42. The molecule has 1 aliphatic carbocycles. The lowest BCUT2D eigenvalue weighted by molar-refractivity contribution is 0.555. The Balaban J connectivity index is 1.66. The average molecular weight is 218 g/mol. The minimum absolute atomic E-state index is 0.00833. The van der Waals surface area contributed by atoms with Gasteiger partial charge in [0, 0.05) is 19.1 Å². The molecule has 1 atom stereocenters. The standard InChI is InChI=1S/C9H18N2O2S/c12-14(13,9-1-2-9)6-5-11-8-3-4-10-7-8/h8-11H,1-7H2. The fourth-order valence-electron chi connectivity index (χ4n) is 1.83. The zero-order valence-electron chi connectivity index (χ0n) is 8.33. The molecule has 0 spiro atoms. The maximum atomic E-state index is 11.5. The van der Waals surface area contributed by atoms with Crippen molar-refractivity contribution in [2.24, 2.45) is 0 Å². The summed E-state index contributed by atoms with van der Waals surface area (Å²) >= 11 is 0. The van der Waals surface area contributed by atoms with Crippen LogP contribution in [0, 0.1) is 0 Å². The first-order valence-corrected chi connectivity index (χ1v) is 7.06. The highest BCUT2D eigenvalue weighted by atomic mass is 32.2. The molecule has 2 rings (SSSR count). The second kappa shape index (κ2) is 4.16. The highest BCUT2D eigenvalue weighted by Crippen LogP contribution is 2.28. The summed E-state index contributed by atoms with van der Waals surface area (Å²) in [4.78, 5) is 0. The molecule has 2 N–H and O–H groups in total. The van der Waals surface area contributed by atoms with Gasteiger partial charge in [0.1, 0.15) is 0 Å². The smallest absolute Gasteiger partial charge is 0.154 e. The number of sulfone groups is 1. The molecular weight excluding hydrogens is 200 g/mol. The summed E-state index contributed by atoms with van der Waals surface area (Å²) in [5.41, 5.74) is 0. The van der Waals surface area contributed by atoms with Crippen molar-refractivity contribution in [2.45, 2.75) is 30.6 Å². The quantitative estimate of drug-likeness (QED) is 0.654. The molecule has 0 aromatic carbocycles. The Morgan fingerprint density at radius 3 is 2.64 bits per heavy atom. The van der Waals surface area contributed by atoms with Crippen LogP contribution in [0.15, 0.2) is 0 Å². The highest BCUT2D eigenvalue weighted by molar-refractivity contribution is 7.92. The summed E-state index contributed by atoms with van der Waals surface area (Å²) in [6.45, 7) is 2.64. The molecule has 1 aliphatic heterocycles. The van der Waals surface area contributed by atoms with E-state index < -0.39 is 9.84 Å². The molecule has 0 radical (unpaired) electrons. The van der Waals surface area contributed by atoms with Crippen molar-refractivity contribution >= 4 is 9.84 Å². The summed E-state index contributed by atoms with van der Waals surface area (Å²) in [5, 5.41) is 6.51. The summed E-state index contributed by atoms with van der Waals surface area (Å²) in [5.74, 6) is 0.314. The molecular formula is C9H18N2O2S. The van der Waals surface area contributed by atoms with E-state index in [1.807, 2.05) is 0 Å². The molecule has 0 aromatic heterocycles. The molecule has 0 amide bonds. The number of hydrogen-bond acceptors (Lipinski definition) is 4. The van der Waals surface area contributed by atoms with Crippen LogP contribution in [0.3, 0.4) is 0 Å². The van der Waals surface area contributed by atoms with Crippen LogP contribution in [-0.2, 0) is 9.84 Å². The van der Waals surface area contributed by atoms with Crippen molar-refractivity contribution in [3.63, 3.8) is 0 Å². The van der Waals surface area contributed by atoms with Crippen LogP contribution in [0.4, 0.5) is 0 Å². The molecule has 0 aromatic rings. The van der Waals surface area contributed by atoms with Gasteiger partial charge in [-0.15, -0.1) is 0 Å². The van der Waals surface area contributed by atoms with E-state index >= 15 is 0 Å². The van der Waals surface area contributed by atoms with E-state index in [1.54, 1.807) is 0 Å². The Labute approximate surface area is 85.4 Å². The van der Waals surface area contributed by atoms with Gasteiger partial charge in [0.15, 0.2) is 9.84 Å². The summed E-state index contributed by atoms with van der Waals surface area (Å²) in [7, 11) is -2.76. The van der Waals surface area contributed by atoms with Crippen LogP contribution in [0.1, 0.15) is 19.3 Å². The van der Waals surface area contributed by atoms with E-state index in [0.29, 0.717) is 18.3 Å². The van der Waals surface area contributed by atoms with Crippen LogP contribution in [0.25, 0.3) is 0 Å². The molecule has 0 bridgehead atoms. The topological polar surface area (TPSA) is 58.2 Å². The number of nitrogens with one attached hydrogen (secondary N) is 2. The lowest BCUT2D eigenvalue weighted by Crippen LogP contribution is -2.35. The van der Waals surface area contributed by atoms with Gasteiger partial charge in [-0.2, -0.15) is 0 Å². The van der Waals surface area contributed by atoms with Crippen LogP contribution >= 0.6 is 0 Å². The first kappa shape index (κ1) is 10.4. The second-order valence-electron chi connectivity index (χ2n) is 4.21. The molecule has 1 saturated carbocycles. The molecule has 1 saturated heterocycles. The molecule has 14 heavy (non-hydrogen) atoms. The van der Waals surface area contributed by atoms with E-state index in [0.717, 1.165) is 32.4 Å². The van der Waals surface area contributed by atoms with E-state index in [9.17, 15) is 8.42 Å². The third kappa shape index (κ3) is 2.68. The second-order valence-corrected chi connectivity index (χ2v) is 6.61. The van der Waals surface area contributed by atoms with Gasteiger partial charge < -0.3 is 10.6 Å². The Bertz CT molecular complexity index is 279. The van der Waals surface area contributed by atoms with E-state index in [2.05, 4.69) is 10.6 Å². The van der Waals surface area contributed by atoms with Gasteiger partial charge in [0.25, 0.3) is 0 Å². The lowest BCUT2D eigenvalue weighted by atomic mass is 10.3. The molecule has 82 valence electrons. The van der Waals surface area contributed by atoms with Gasteiger partial charge in [0.2, 0.25) is 0 Å². The maximum absolute atomic E-state index is 11.5. The summed E-state index contributed by atoms with van der Waals surface area (Å²) in [6.07, 6.45) is 2.88. The zero-order valence-corrected chi connectivity index (χ0v) is 9.15. The molecule has 2 aliphatic rings. The third-order valence-corrected chi connectivity index (χ3v) is 5.17. The van der Waals surface area contributed by atoms with Crippen molar-refractivity contribution in [1.82, 2.24) is 10.6 Å². The number of hydrogen-bond donors (Lipinski definition) is 2. The van der Waals surface area contributed by atoms with E-state index in [1.165, 1.54) is 0 Å². The van der Waals surface area contributed by atoms with Gasteiger partial charge >= 0.3 is 0 Å². The predicted molar refractivity (Wildman–Crippen MR) is 56.1 cm³/mol. The van der Waals surface area contributed by atoms with Crippen LogP contribution in [0.2, 0.25) is 0 Å². The van der Waals surface area contributed by atoms with Gasteiger partial charge in [-0.05, 0) is 25.8 Å². The summed E-state index contributed by atoms with van der Waals surface area (Å²) in [6, 6.07) is 0.476. The van der Waals surface area contributed by atoms with Crippen molar-refractivity contribution in [2.75, 3.05) is 25.4 Å². The van der Waals surface area contributed by atoms with Gasteiger partial charge in [-0.25, -0.2) is 8.42 Å². The zero-order chi connectivity index (χ0) is 10.0. The fraction of sp³-hybridized carbons (Fsp3) is 1.00. The van der Waals surface area contributed by atoms with Gasteiger partial charge in [-0.1, -0.05) is 0 Å². The molecule has 1 heterocycles. The van der Waals surface area contributed by atoms with Gasteiger partial charge in [-0.3, -0.25) is 0 Å². The first-order valence-electron chi connectivity index (χ1n) is 5.34. The SMILES string of the molecule is O=S(=O)(CCNC1CCNC1)C1CC1. The molecule has 5 heteroatoms. The normalized spacial score (nSPS) is 28.1. The Kier molecular flexibility index (Phi) is 3.09. The lowest BCUT2D eigenvalue weighted by Gasteiger charge is -2.10. The highest BCUT2D eigenvalue weighted by Gasteiger charge is 2.35. The van der Waals surface area contributed by atoms with Crippen LogP contribution in [-0.4, -0.2) is 45.1 Å². The average Bonchev–Trinajstić information content (AvgIpc) is 2.87. The largest absolute Gasteiger partial charge is 0.315 e. The molecule has 2 fully saturated rings.